The van der Waals surface area contributed by atoms with Crippen molar-refractivity contribution in [2.75, 3.05) is 14.1 Å². The first-order valence-corrected chi connectivity index (χ1v) is 6.41. The molecule has 5 heteroatoms. The van der Waals surface area contributed by atoms with Gasteiger partial charge in [0.25, 0.3) is 0 Å². The minimum atomic E-state index is -0.973. The Morgan fingerprint density at radius 1 is 1.22 bits per heavy atom. The maximum atomic E-state index is 12.1. The summed E-state index contributed by atoms with van der Waals surface area (Å²) in [6.45, 7) is 7.64. The third-order valence-corrected chi connectivity index (χ3v) is 3.23. The van der Waals surface area contributed by atoms with Gasteiger partial charge in [-0.2, -0.15) is 0 Å². The second-order valence-corrected chi connectivity index (χ2v) is 5.36. The summed E-state index contributed by atoms with van der Waals surface area (Å²) >= 11 is 0. The summed E-state index contributed by atoms with van der Waals surface area (Å²) in [6.07, 6.45) is 0.714. The maximum absolute atomic E-state index is 12.1. The Morgan fingerprint density at radius 3 is 2.00 bits per heavy atom. The molecule has 0 aliphatic heterocycles. The molecule has 0 spiro atoms. The Morgan fingerprint density at radius 2 is 1.72 bits per heavy atom. The van der Waals surface area contributed by atoms with Gasteiger partial charge in [-0.1, -0.05) is 34.1 Å². The van der Waals surface area contributed by atoms with Crippen LogP contribution in [0.2, 0.25) is 0 Å². The minimum Gasteiger partial charge on any atom is -0.480 e. The smallest absolute Gasteiger partial charge is 0.326 e. The molecule has 0 aromatic carbocycles. The Hall–Kier alpha value is -1.10. The van der Waals surface area contributed by atoms with Crippen LogP contribution >= 0.6 is 0 Å². The molecule has 0 aliphatic carbocycles. The van der Waals surface area contributed by atoms with Gasteiger partial charge in [0, 0.05) is 0 Å². The van der Waals surface area contributed by atoms with Crippen molar-refractivity contribution in [2.45, 2.75) is 46.2 Å². The summed E-state index contributed by atoms with van der Waals surface area (Å²) in [5, 5.41) is 11.8. The molecule has 0 aromatic rings. The molecule has 0 aromatic heterocycles. The zero-order valence-electron chi connectivity index (χ0n) is 12.2. The van der Waals surface area contributed by atoms with Gasteiger partial charge in [-0.05, 0) is 25.9 Å². The van der Waals surface area contributed by atoms with E-state index < -0.39 is 12.0 Å². The van der Waals surface area contributed by atoms with Crippen LogP contribution in [0.1, 0.15) is 34.1 Å². The van der Waals surface area contributed by atoms with Gasteiger partial charge in [0.05, 0.1) is 6.04 Å². The molecule has 0 saturated carbocycles. The number of carboxylic acid groups (broad SMARTS) is 1. The van der Waals surface area contributed by atoms with Crippen LogP contribution in [0.15, 0.2) is 0 Å². The van der Waals surface area contributed by atoms with Crippen LogP contribution in [0.5, 0.6) is 0 Å². The topological polar surface area (TPSA) is 69.6 Å². The zero-order chi connectivity index (χ0) is 14.5. The fourth-order valence-corrected chi connectivity index (χ4v) is 2.06. The van der Waals surface area contributed by atoms with Crippen LogP contribution in [0, 0.1) is 11.8 Å². The van der Waals surface area contributed by atoms with Crippen molar-refractivity contribution in [3.63, 3.8) is 0 Å². The van der Waals surface area contributed by atoms with Crippen LogP contribution in [0.4, 0.5) is 0 Å². The number of nitrogens with one attached hydrogen (secondary N) is 1. The van der Waals surface area contributed by atoms with Crippen LogP contribution in [0.25, 0.3) is 0 Å². The molecule has 3 atom stereocenters. The maximum Gasteiger partial charge on any atom is 0.326 e. The SMILES string of the molecule is CC[C@H](C)[C@H](NC(=O)[C@H](C(C)C)N(C)C)C(=O)O. The number of hydrogen-bond acceptors (Lipinski definition) is 3. The molecule has 2 N–H and O–H groups in total. The third-order valence-electron chi connectivity index (χ3n) is 3.23. The summed E-state index contributed by atoms with van der Waals surface area (Å²) in [6, 6.07) is -1.13. The fourth-order valence-electron chi connectivity index (χ4n) is 2.06. The molecule has 0 bridgehead atoms. The van der Waals surface area contributed by atoms with Crippen LogP contribution < -0.4 is 5.32 Å². The summed E-state index contributed by atoms with van der Waals surface area (Å²) in [4.78, 5) is 25.1. The van der Waals surface area contributed by atoms with E-state index >= 15 is 0 Å². The highest BCUT2D eigenvalue weighted by molar-refractivity contribution is 5.87. The highest BCUT2D eigenvalue weighted by atomic mass is 16.4. The number of likely N-dealkylation sites (N-methyl/N-ethyl adjacent to an activating group) is 1. The van der Waals surface area contributed by atoms with E-state index in [9.17, 15) is 9.59 Å². The Labute approximate surface area is 110 Å². The standard InChI is InChI=1S/C13H26N2O3/c1-7-9(4)10(13(17)18)14-12(16)11(8(2)3)15(5)6/h8-11H,7H2,1-6H3,(H,14,16)(H,17,18)/t9-,10-,11-/m0/s1. The van der Waals surface area contributed by atoms with Crippen LogP contribution in [-0.4, -0.2) is 48.1 Å². The van der Waals surface area contributed by atoms with Gasteiger partial charge in [-0.15, -0.1) is 0 Å². The fraction of sp³-hybridized carbons (Fsp3) is 0.846. The van der Waals surface area contributed by atoms with Gasteiger partial charge in [0.1, 0.15) is 6.04 Å². The molecular weight excluding hydrogens is 232 g/mol. The minimum absolute atomic E-state index is 0.0820. The number of carbonyl (C=O) groups excluding carboxylic acids is 1. The van der Waals surface area contributed by atoms with E-state index in [1.54, 1.807) is 0 Å². The molecular formula is C13H26N2O3. The molecule has 0 aliphatic rings. The molecule has 1 amide bonds. The predicted molar refractivity (Wildman–Crippen MR) is 71.3 cm³/mol. The second kappa shape index (κ2) is 7.36. The average Bonchev–Trinajstić information content (AvgIpc) is 2.23. The first-order chi connectivity index (χ1) is 8.22. The van der Waals surface area contributed by atoms with E-state index in [1.807, 2.05) is 46.7 Å². The second-order valence-electron chi connectivity index (χ2n) is 5.36. The molecule has 0 radical (unpaired) electrons. The largest absolute Gasteiger partial charge is 0.480 e. The Balaban J connectivity index is 4.82. The van der Waals surface area contributed by atoms with Crippen molar-refractivity contribution in [3.05, 3.63) is 0 Å². The summed E-state index contributed by atoms with van der Waals surface area (Å²) in [5.74, 6) is -1.14. The van der Waals surface area contributed by atoms with E-state index in [0.717, 1.165) is 0 Å². The van der Waals surface area contributed by atoms with Gasteiger partial charge in [0.15, 0.2) is 0 Å². The first-order valence-electron chi connectivity index (χ1n) is 6.41. The molecule has 0 rings (SSSR count). The van der Waals surface area contributed by atoms with E-state index in [1.165, 1.54) is 0 Å². The lowest BCUT2D eigenvalue weighted by Gasteiger charge is -2.29. The van der Waals surface area contributed by atoms with Crippen molar-refractivity contribution >= 4 is 11.9 Å². The molecule has 5 nitrogen and oxygen atoms in total. The van der Waals surface area contributed by atoms with Gasteiger partial charge < -0.3 is 10.4 Å². The third kappa shape index (κ3) is 4.64. The first kappa shape index (κ1) is 16.9. The van der Waals surface area contributed by atoms with Crippen LogP contribution in [-0.2, 0) is 9.59 Å². The van der Waals surface area contributed by atoms with Crippen molar-refractivity contribution in [3.8, 4) is 0 Å². The predicted octanol–water partition coefficient (Wildman–Crippen LogP) is 1.19. The molecule has 106 valence electrons. The Kier molecular flexibility index (Phi) is 6.91. The molecule has 18 heavy (non-hydrogen) atoms. The molecule has 0 saturated heterocycles. The summed E-state index contributed by atoms with van der Waals surface area (Å²) < 4.78 is 0. The number of carboxylic acids is 1. The van der Waals surface area contributed by atoms with Gasteiger partial charge in [0.2, 0.25) is 5.91 Å². The highest BCUT2D eigenvalue weighted by Crippen LogP contribution is 2.12. The van der Waals surface area contributed by atoms with E-state index in [-0.39, 0.29) is 23.8 Å². The normalized spacial score (nSPS) is 16.4. The van der Waals surface area contributed by atoms with Gasteiger partial charge in [-0.25, -0.2) is 4.79 Å². The van der Waals surface area contributed by atoms with Crippen molar-refractivity contribution in [2.24, 2.45) is 11.8 Å². The lowest BCUT2D eigenvalue weighted by atomic mass is 9.97. The number of nitrogens with zero attached hydrogens (tertiary/aromatic N) is 1. The van der Waals surface area contributed by atoms with Gasteiger partial charge in [-0.3, -0.25) is 9.69 Å². The quantitative estimate of drug-likeness (QED) is 0.719. The lowest BCUT2D eigenvalue weighted by Crippen LogP contribution is -2.53. The molecule has 0 fully saturated rings. The number of aliphatic carboxylic acids is 1. The summed E-state index contributed by atoms with van der Waals surface area (Å²) in [5.41, 5.74) is 0. The highest BCUT2D eigenvalue weighted by Gasteiger charge is 2.30. The zero-order valence-corrected chi connectivity index (χ0v) is 12.2. The van der Waals surface area contributed by atoms with E-state index in [4.69, 9.17) is 5.11 Å². The van der Waals surface area contributed by atoms with Crippen molar-refractivity contribution in [1.29, 1.82) is 0 Å². The lowest BCUT2D eigenvalue weighted by molar-refractivity contribution is -0.144. The van der Waals surface area contributed by atoms with Crippen molar-refractivity contribution in [1.82, 2.24) is 10.2 Å². The van der Waals surface area contributed by atoms with Gasteiger partial charge >= 0.3 is 5.97 Å². The number of carbonyl (C=O) groups is 2. The number of rotatable bonds is 7. The summed E-state index contributed by atoms with van der Waals surface area (Å²) in [7, 11) is 3.65. The molecule has 0 heterocycles. The van der Waals surface area contributed by atoms with Crippen LogP contribution in [0.3, 0.4) is 0 Å². The average molecular weight is 258 g/mol. The van der Waals surface area contributed by atoms with E-state index in [2.05, 4.69) is 5.32 Å². The Bertz CT molecular complexity index is 282. The monoisotopic (exact) mass is 258 g/mol. The van der Waals surface area contributed by atoms with E-state index in [0.29, 0.717) is 6.42 Å². The van der Waals surface area contributed by atoms with Crippen molar-refractivity contribution < 1.29 is 14.7 Å². The molecule has 0 unspecified atom stereocenters. The number of hydrogen-bond donors (Lipinski definition) is 2. The number of amides is 1.